The maximum Gasteiger partial charge on any atom is 0.275 e. The number of thioether (sulfide) groups is 1. The van der Waals surface area contributed by atoms with Gasteiger partial charge in [0.25, 0.3) is 11.6 Å². The molecule has 0 radical (unpaired) electrons. The van der Waals surface area contributed by atoms with Crippen molar-refractivity contribution in [1.29, 1.82) is 0 Å². The summed E-state index contributed by atoms with van der Waals surface area (Å²) in [6.07, 6.45) is 4.57. The number of nitro groups is 1. The third kappa shape index (κ3) is 2.54. The van der Waals surface area contributed by atoms with Crippen molar-refractivity contribution < 1.29 is 9.72 Å². The van der Waals surface area contributed by atoms with E-state index in [9.17, 15) is 14.9 Å². The summed E-state index contributed by atoms with van der Waals surface area (Å²) in [6, 6.07) is 4.72. The Bertz CT molecular complexity index is 804. The van der Waals surface area contributed by atoms with E-state index in [1.165, 1.54) is 18.6 Å². The van der Waals surface area contributed by atoms with E-state index in [4.69, 9.17) is 0 Å². The predicted molar refractivity (Wildman–Crippen MR) is 92.3 cm³/mol. The third-order valence-corrected chi connectivity index (χ3v) is 6.35. The summed E-state index contributed by atoms with van der Waals surface area (Å²) in [4.78, 5) is 25.6. The third-order valence-electron chi connectivity index (χ3n) is 4.95. The molecule has 2 atom stereocenters. The lowest BCUT2D eigenvalue weighted by atomic mass is 9.93. The molecule has 1 aliphatic carbocycles. The Morgan fingerprint density at radius 1 is 1.38 bits per heavy atom. The van der Waals surface area contributed by atoms with Crippen molar-refractivity contribution in [3.63, 3.8) is 0 Å². The molecule has 2 fully saturated rings. The number of benzene rings is 1. The summed E-state index contributed by atoms with van der Waals surface area (Å²) in [5, 5.41) is 19.0. The zero-order valence-corrected chi connectivity index (χ0v) is 13.9. The summed E-state index contributed by atoms with van der Waals surface area (Å²) in [5.41, 5.74) is 0.920. The number of nitrogens with zero attached hydrogens (tertiary/aromatic N) is 3. The number of carbonyl (C=O) groups is 1. The van der Waals surface area contributed by atoms with Crippen molar-refractivity contribution >= 4 is 34.3 Å². The highest BCUT2D eigenvalue weighted by atomic mass is 32.2. The van der Waals surface area contributed by atoms with E-state index >= 15 is 0 Å². The number of hydrogen-bond donors (Lipinski definition) is 1. The monoisotopic (exact) mass is 346 g/mol. The van der Waals surface area contributed by atoms with Crippen LogP contribution in [-0.4, -0.2) is 49.5 Å². The van der Waals surface area contributed by atoms with Crippen LogP contribution >= 0.6 is 11.8 Å². The smallest absolute Gasteiger partial charge is 0.275 e. The van der Waals surface area contributed by atoms with Crippen LogP contribution in [0.2, 0.25) is 0 Å². The quantitative estimate of drug-likeness (QED) is 0.667. The van der Waals surface area contributed by atoms with Crippen LogP contribution < -0.4 is 0 Å². The van der Waals surface area contributed by atoms with Gasteiger partial charge in [-0.05, 0) is 18.9 Å². The van der Waals surface area contributed by atoms with E-state index in [2.05, 4.69) is 10.2 Å². The second-order valence-electron chi connectivity index (χ2n) is 6.32. The fraction of sp³-hybridized carbons (Fsp3) is 0.500. The molecule has 2 heterocycles. The molecule has 0 unspecified atom stereocenters. The first-order chi connectivity index (χ1) is 11.6. The highest BCUT2D eigenvalue weighted by Gasteiger charge is 2.37. The van der Waals surface area contributed by atoms with Gasteiger partial charge in [0.1, 0.15) is 0 Å². The number of nitrogens with one attached hydrogen (secondary N) is 1. The van der Waals surface area contributed by atoms with Crippen molar-refractivity contribution in [2.45, 2.75) is 37.0 Å². The predicted octanol–water partition coefficient (Wildman–Crippen LogP) is 2.97. The molecule has 1 amide bonds. The summed E-state index contributed by atoms with van der Waals surface area (Å²) < 4.78 is 0. The molecule has 1 N–H and O–H groups in total. The minimum Gasteiger partial charge on any atom is -0.332 e. The number of fused-ring (bicyclic) bond motifs is 2. The number of hydrogen-bond acceptors (Lipinski definition) is 5. The molecular formula is C16H18N4O3S. The van der Waals surface area contributed by atoms with Crippen LogP contribution in [0.3, 0.4) is 0 Å². The molecule has 1 aromatic carbocycles. The molecule has 2 aliphatic rings. The van der Waals surface area contributed by atoms with Crippen LogP contribution in [0.15, 0.2) is 18.2 Å². The number of non-ortho nitro benzene ring substituents is 1. The van der Waals surface area contributed by atoms with Crippen LogP contribution in [0.5, 0.6) is 0 Å². The number of aromatic amines is 1. The zero-order chi connectivity index (χ0) is 16.7. The first-order valence-corrected chi connectivity index (χ1v) is 9.25. The lowest BCUT2D eigenvalue weighted by Gasteiger charge is -2.43. The van der Waals surface area contributed by atoms with Gasteiger partial charge in [0.15, 0.2) is 5.69 Å². The molecule has 7 nitrogen and oxygen atoms in total. The van der Waals surface area contributed by atoms with Gasteiger partial charge in [-0.25, -0.2) is 0 Å². The normalized spacial score (nSPS) is 23.9. The second-order valence-corrected chi connectivity index (χ2v) is 7.67. The van der Waals surface area contributed by atoms with Crippen molar-refractivity contribution in [3.8, 4) is 0 Å². The summed E-state index contributed by atoms with van der Waals surface area (Å²) in [7, 11) is 0. The average molecular weight is 346 g/mol. The molecule has 126 valence electrons. The van der Waals surface area contributed by atoms with E-state index in [0.29, 0.717) is 28.4 Å². The summed E-state index contributed by atoms with van der Waals surface area (Å²) in [5.74, 6) is 0.828. The largest absolute Gasteiger partial charge is 0.332 e. The van der Waals surface area contributed by atoms with Gasteiger partial charge in [0.2, 0.25) is 0 Å². The highest BCUT2D eigenvalue weighted by Crippen LogP contribution is 2.36. The lowest BCUT2D eigenvalue weighted by Crippen LogP contribution is -2.51. The number of H-pyrrole nitrogens is 1. The number of amides is 1. The Hall–Kier alpha value is -2.09. The molecule has 24 heavy (non-hydrogen) atoms. The van der Waals surface area contributed by atoms with Gasteiger partial charge in [0.05, 0.1) is 10.4 Å². The Balaban J connectivity index is 1.69. The summed E-state index contributed by atoms with van der Waals surface area (Å²) in [6.45, 7) is 0.716. The van der Waals surface area contributed by atoms with Crippen LogP contribution in [0.1, 0.15) is 36.2 Å². The lowest BCUT2D eigenvalue weighted by molar-refractivity contribution is -0.384. The van der Waals surface area contributed by atoms with E-state index < -0.39 is 4.92 Å². The number of aromatic nitrogens is 2. The SMILES string of the molecule is O=C(c1n[nH]c2ccc([N+](=O)[O-])cc12)N1CCS[C@@H]2CCCC[C@@H]21. The van der Waals surface area contributed by atoms with Gasteiger partial charge in [0, 0.05) is 41.1 Å². The Morgan fingerprint density at radius 3 is 3.04 bits per heavy atom. The zero-order valence-electron chi connectivity index (χ0n) is 13.1. The maximum absolute atomic E-state index is 13.1. The molecule has 1 saturated heterocycles. The van der Waals surface area contributed by atoms with Gasteiger partial charge in [-0.2, -0.15) is 16.9 Å². The number of nitro benzene ring substituents is 1. The van der Waals surface area contributed by atoms with Crippen molar-refractivity contribution in [1.82, 2.24) is 15.1 Å². The van der Waals surface area contributed by atoms with Gasteiger partial charge in [-0.3, -0.25) is 20.0 Å². The van der Waals surface area contributed by atoms with Gasteiger partial charge in [-0.15, -0.1) is 0 Å². The van der Waals surface area contributed by atoms with Crippen molar-refractivity contribution in [2.75, 3.05) is 12.3 Å². The number of rotatable bonds is 2. The topological polar surface area (TPSA) is 92.1 Å². The first kappa shape index (κ1) is 15.4. The fourth-order valence-electron chi connectivity index (χ4n) is 3.76. The molecule has 2 aromatic rings. The van der Waals surface area contributed by atoms with E-state index in [-0.39, 0.29) is 17.6 Å². The molecule has 1 aliphatic heterocycles. The minimum atomic E-state index is -0.449. The van der Waals surface area contributed by atoms with E-state index in [1.807, 2.05) is 16.7 Å². The van der Waals surface area contributed by atoms with Crippen molar-refractivity contribution in [3.05, 3.63) is 34.0 Å². The Labute approximate surface area is 142 Å². The number of carbonyl (C=O) groups excluding carboxylic acids is 1. The molecular weight excluding hydrogens is 328 g/mol. The van der Waals surface area contributed by atoms with Gasteiger partial charge in [-0.1, -0.05) is 12.8 Å². The van der Waals surface area contributed by atoms with Crippen LogP contribution in [0.25, 0.3) is 10.9 Å². The standard InChI is InChI=1S/C16H18N4O3S/c21-16(19-7-8-24-14-4-2-1-3-13(14)19)15-11-9-10(20(22)23)5-6-12(11)17-18-15/h5-6,9,13-14H,1-4,7-8H2,(H,17,18)/t13-,14+/m0/s1. The minimum absolute atomic E-state index is 0.0253. The maximum atomic E-state index is 13.1. The van der Waals surface area contributed by atoms with Crippen LogP contribution in [-0.2, 0) is 0 Å². The Morgan fingerprint density at radius 2 is 2.21 bits per heavy atom. The molecule has 8 heteroatoms. The summed E-state index contributed by atoms with van der Waals surface area (Å²) >= 11 is 1.96. The molecule has 0 bridgehead atoms. The van der Waals surface area contributed by atoms with Gasteiger partial charge >= 0.3 is 0 Å². The average Bonchev–Trinajstić information content (AvgIpc) is 3.03. The van der Waals surface area contributed by atoms with Crippen LogP contribution in [0, 0.1) is 10.1 Å². The highest BCUT2D eigenvalue weighted by molar-refractivity contribution is 8.00. The van der Waals surface area contributed by atoms with Crippen LogP contribution in [0.4, 0.5) is 5.69 Å². The second kappa shape index (κ2) is 6.08. The first-order valence-electron chi connectivity index (χ1n) is 8.20. The van der Waals surface area contributed by atoms with Gasteiger partial charge < -0.3 is 4.90 Å². The van der Waals surface area contributed by atoms with E-state index in [1.54, 1.807) is 6.07 Å². The fourth-order valence-corrected chi connectivity index (χ4v) is 5.21. The molecule has 0 spiro atoms. The molecule has 1 saturated carbocycles. The molecule has 1 aromatic heterocycles. The van der Waals surface area contributed by atoms with Crippen molar-refractivity contribution in [2.24, 2.45) is 0 Å². The Kier molecular flexibility index (Phi) is 3.91. The molecule has 4 rings (SSSR count). The van der Waals surface area contributed by atoms with E-state index in [0.717, 1.165) is 25.0 Å².